The fourth-order valence-corrected chi connectivity index (χ4v) is 0.637. The summed E-state index contributed by atoms with van der Waals surface area (Å²) in [6.45, 7) is 4.67. The third kappa shape index (κ3) is 19.0. The SMILES string of the molecule is CCN=C=NCCCN(C)C.S.[Os+4]. The Labute approximate surface area is 101 Å². The maximum Gasteiger partial charge on any atom is 4.00 e. The number of hydrogen-bond donors (Lipinski definition) is 0. The Balaban J connectivity index is -0.000000500. The van der Waals surface area contributed by atoms with E-state index in [1.807, 2.05) is 6.92 Å². The van der Waals surface area contributed by atoms with Crippen LogP contribution in [0.2, 0.25) is 0 Å². The topological polar surface area (TPSA) is 28.0 Å². The molecule has 13 heavy (non-hydrogen) atoms. The quantitative estimate of drug-likeness (QED) is 0.522. The van der Waals surface area contributed by atoms with E-state index in [-0.39, 0.29) is 33.3 Å². The van der Waals surface area contributed by atoms with Crippen LogP contribution in [-0.4, -0.2) is 44.6 Å². The van der Waals surface area contributed by atoms with Gasteiger partial charge in [-0.05, 0) is 34.0 Å². The van der Waals surface area contributed by atoms with Crippen LogP contribution in [0.25, 0.3) is 0 Å². The maximum atomic E-state index is 3.99. The summed E-state index contributed by atoms with van der Waals surface area (Å²) in [5, 5.41) is 0. The molecular formula is C8H19N3OsS+4. The molecule has 0 rings (SSSR count). The van der Waals surface area contributed by atoms with Crippen molar-refractivity contribution in [3.8, 4) is 0 Å². The molecule has 3 nitrogen and oxygen atoms in total. The van der Waals surface area contributed by atoms with Gasteiger partial charge >= 0.3 is 19.8 Å². The monoisotopic (exact) mass is 381 g/mol. The first-order chi connectivity index (χ1) is 5.27. The molecule has 5 heteroatoms. The van der Waals surface area contributed by atoms with E-state index >= 15 is 0 Å². The number of hydrogen-bond acceptors (Lipinski definition) is 3. The van der Waals surface area contributed by atoms with Gasteiger partial charge < -0.3 is 4.90 Å². The fourth-order valence-electron chi connectivity index (χ4n) is 0.637. The van der Waals surface area contributed by atoms with Crippen molar-refractivity contribution in [1.82, 2.24) is 4.90 Å². The molecule has 0 aliphatic heterocycles. The van der Waals surface area contributed by atoms with E-state index < -0.39 is 0 Å². The second-order valence-corrected chi connectivity index (χ2v) is 2.61. The van der Waals surface area contributed by atoms with Crippen molar-refractivity contribution in [3.63, 3.8) is 0 Å². The van der Waals surface area contributed by atoms with Crippen LogP contribution in [0.1, 0.15) is 13.3 Å². The van der Waals surface area contributed by atoms with E-state index in [9.17, 15) is 0 Å². The molecule has 0 atom stereocenters. The van der Waals surface area contributed by atoms with E-state index in [1.54, 1.807) is 0 Å². The minimum absolute atomic E-state index is 0. The van der Waals surface area contributed by atoms with Gasteiger partial charge in [0.15, 0.2) is 0 Å². The first-order valence-corrected chi connectivity index (χ1v) is 4.00. The van der Waals surface area contributed by atoms with Crippen LogP contribution in [0.15, 0.2) is 9.98 Å². The molecule has 0 N–H and O–H groups in total. The van der Waals surface area contributed by atoms with Gasteiger partial charge in [-0.15, -0.1) is 0 Å². The van der Waals surface area contributed by atoms with Crippen molar-refractivity contribution in [2.75, 3.05) is 33.7 Å². The van der Waals surface area contributed by atoms with Crippen molar-refractivity contribution < 1.29 is 19.8 Å². The van der Waals surface area contributed by atoms with Crippen LogP contribution in [0.4, 0.5) is 0 Å². The van der Waals surface area contributed by atoms with Gasteiger partial charge in [0.2, 0.25) is 0 Å². The molecule has 0 saturated carbocycles. The number of nitrogens with zero attached hydrogens (tertiary/aromatic N) is 3. The second kappa shape index (κ2) is 14.8. The normalized spacial score (nSPS) is 8.00. The molecule has 0 amide bonds. The largest absolute Gasteiger partial charge is 4.00 e. The molecule has 0 aromatic carbocycles. The summed E-state index contributed by atoms with van der Waals surface area (Å²) in [7, 11) is 4.12. The zero-order valence-electron chi connectivity index (χ0n) is 8.52. The van der Waals surface area contributed by atoms with E-state index in [0.29, 0.717) is 0 Å². The van der Waals surface area contributed by atoms with E-state index in [0.717, 1.165) is 26.1 Å². The standard InChI is InChI=1S/C8H17N3.Os.H2S/c1-4-9-8-10-6-5-7-11(2)3;;/h4-7H2,1-3H3;;1H2/q;+4;. The molecule has 0 fully saturated rings. The van der Waals surface area contributed by atoms with Crippen molar-refractivity contribution in [2.45, 2.75) is 13.3 Å². The molecule has 0 aromatic heterocycles. The Bertz CT molecular complexity index is 144. The molecule has 0 radical (unpaired) electrons. The van der Waals surface area contributed by atoms with Crippen molar-refractivity contribution in [2.24, 2.45) is 9.98 Å². The third-order valence-corrected chi connectivity index (χ3v) is 1.17. The summed E-state index contributed by atoms with van der Waals surface area (Å²) >= 11 is 0. The molecule has 76 valence electrons. The zero-order chi connectivity index (χ0) is 8.53. The minimum Gasteiger partial charge on any atom is -0.309 e. The Morgan fingerprint density at radius 3 is 2.31 bits per heavy atom. The maximum absolute atomic E-state index is 3.99. The first kappa shape index (κ1) is 19.0. The van der Waals surface area contributed by atoms with Crippen LogP contribution in [0, 0.1) is 0 Å². The summed E-state index contributed by atoms with van der Waals surface area (Å²) in [4.78, 5) is 9.99. The van der Waals surface area contributed by atoms with Gasteiger partial charge in [0, 0.05) is 6.54 Å². The summed E-state index contributed by atoms with van der Waals surface area (Å²) < 4.78 is 0. The van der Waals surface area contributed by atoms with E-state index in [4.69, 9.17) is 0 Å². The van der Waals surface area contributed by atoms with Crippen LogP contribution < -0.4 is 0 Å². The predicted octanol–water partition coefficient (Wildman–Crippen LogP) is 1.24. The zero-order valence-corrected chi connectivity index (χ0v) is 12.1. The summed E-state index contributed by atoms with van der Waals surface area (Å²) in [6, 6.07) is 2.64. The van der Waals surface area contributed by atoms with Crippen molar-refractivity contribution >= 4 is 19.5 Å². The van der Waals surface area contributed by atoms with Gasteiger partial charge in [0.1, 0.15) is 0 Å². The third-order valence-electron chi connectivity index (χ3n) is 1.17. The first-order valence-electron chi connectivity index (χ1n) is 4.00. The summed E-state index contributed by atoms with van der Waals surface area (Å²) in [6.07, 6.45) is 1.08. The van der Waals surface area contributed by atoms with Crippen molar-refractivity contribution in [1.29, 1.82) is 0 Å². The Morgan fingerprint density at radius 1 is 1.23 bits per heavy atom. The molecule has 0 aliphatic rings. The Morgan fingerprint density at radius 2 is 1.85 bits per heavy atom. The van der Waals surface area contributed by atoms with Crippen LogP contribution in [0.5, 0.6) is 0 Å². The predicted molar refractivity (Wildman–Crippen MR) is 58.8 cm³/mol. The molecule has 0 bridgehead atoms. The van der Waals surface area contributed by atoms with E-state index in [1.165, 1.54) is 0 Å². The minimum atomic E-state index is 0. The van der Waals surface area contributed by atoms with Crippen LogP contribution in [0.3, 0.4) is 0 Å². The molecule has 0 aliphatic carbocycles. The summed E-state index contributed by atoms with van der Waals surface area (Å²) in [5.41, 5.74) is 0. The molecule has 0 heterocycles. The van der Waals surface area contributed by atoms with Gasteiger partial charge in [-0.25, -0.2) is 9.98 Å². The van der Waals surface area contributed by atoms with Gasteiger partial charge in [0.05, 0.1) is 12.6 Å². The number of aliphatic imine (C=N–C) groups is 2. The molecule has 0 aromatic rings. The fraction of sp³-hybridized carbons (Fsp3) is 0.875. The average Bonchev–Trinajstić information content (AvgIpc) is 1.96. The average molecular weight is 380 g/mol. The van der Waals surface area contributed by atoms with Gasteiger partial charge in [-0.2, -0.15) is 13.5 Å². The van der Waals surface area contributed by atoms with Gasteiger partial charge in [-0.3, -0.25) is 0 Å². The van der Waals surface area contributed by atoms with Crippen LogP contribution in [-0.2, 0) is 19.8 Å². The Hall–Kier alpha value is 0.326. The van der Waals surface area contributed by atoms with Gasteiger partial charge in [0.25, 0.3) is 0 Å². The van der Waals surface area contributed by atoms with Crippen molar-refractivity contribution in [3.05, 3.63) is 0 Å². The van der Waals surface area contributed by atoms with E-state index in [2.05, 4.69) is 35.0 Å². The Kier molecular flexibility index (Phi) is 21.7. The molecular weight excluding hydrogens is 360 g/mol. The summed E-state index contributed by atoms with van der Waals surface area (Å²) in [5.74, 6) is 0. The molecule has 0 unspecified atom stereocenters. The number of rotatable bonds is 5. The smallest absolute Gasteiger partial charge is 0.309 e. The van der Waals surface area contributed by atoms with Gasteiger partial charge in [-0.1, -0.05) is 0 Å². The molecule has 0 saturated heterocycles. The second-order valence-electron chi connectivity index (χ2n) is 2.61. The van der Waals surface area contributed by atoms with Crippen LogP contribution >= 0.6 is 13.5 Å². The molecule has 0 spiro atoms.